The number of rotatable bonds is 1. The molecule has 1 fully saturated rings. The lowest BCUT2D eigenvalue weighted by Crippen LogP contribution is -2.37. The van der Waals surface area contributed by atoms with Gasteiger partial charge in [-0.2, -0.15) is 0 Å². The van der Waals surface area contributed by atoms with E-state index in [1.165, 1.54) is 0 Å². The summed E-state index contributed by atoms with van der Waals surface area (Å²) in [6, 6.07) is 0.419. The molecule has 1 aliphatic heterocycles. The Balaban J connectivity index is 0.00000196. The molecule has 15 heavy (non-hydrogen) atoms. The van der Waals surface area contributed by atoms with Crippen molar-refractivity contribution in [1.29, 1.82) is 0 Å². The SMILES string of the molecule is CNC1CCN(C(=O)OC(C)(C)C)C1.Cl. The van der Waals surface area contributed by atoms with Gasteiger partial charge in [-0.3, -0.25) is 0 Å². The Morgan fingerprint density at radius 3 is 2.47 bits per heavy atom. The van der Waals surface area contributed by atoms with Crippen LogP contribution in [0.1, 0.15) is 27.2 Å². The number of halogens is 1. The van der Waals surface area contributed by atoms with Gasteiger partial charge in [0.25, 0.3) is 0 Å². The van der Waals surface area contributed by atoms with Crippen LogP contribution in [0.4, 0.5) is 4.79 Å². The molecule has 0 aromatic heterocycles. The summed E-state index contributed by atoms with van der Waals surface area (Å²) in [7, 11) is 1.92. The molecule has 0 aromatic carbocycles. The minimum absolute atomic E-state index is 0. The molecule has 1 rings (SSSR count). The predicted molar refractivity (Wildman–Crippen MR) is 62.5 cm³/mol. The first-order valence-electron chi connectivity index (χ1n) is 5.07. The molecule has 1 aliphatic rings. The average Bonchev–Trinajstić information content (AvgIpc) is 2.48. The predicted octanol–water partition coefficient (Wildman–Crippen LogP) is 1.64. The van der Waals surface area contributed by atoms with E-state index < -0.39 is 5.60 Å². The van der Waals surface area contributed by atoms with E-state index in [9.17, 15) is 4.79 Å². The largest absolute Gasteiger partial charge is 0.444 e. The maximum absolute atomic E-state index is 11.6. The van der Waals surface area contributed by atoms with Crippen LogP contribution in [-0.2, 0) is 4.74 Å². The fourth-order valence-electron chi connectivity index (χ4n) is 1.49. The number of amides is 1. The van der Waals surface area contributed by atoms with Gasteiger partial charge in [0, 0.05) is 19.1 Å². The molecule has 90 valence electrons. The van der Waals surface area contributed by atoms with Gasteiger partial charge >= 0.3 is 6.09 Å². The van der Waals surface area contributed by atoms with Crippen molar-refractivity contribution < 1.29 is 9.53 Å². The fraction of sp³-hybridized carbons (Fsp3) is 0.900. The number of likely N-dealkylation sites (tertiary alicyclic amines) is 1. The number of hydrogen-bond acceptors (Lipinski definition) is 3. The second-order valence-electron chi connectivity index (χ2n) is 4.70. The molecule has 1 atom stereocenters. The Labute approximate surface area is 97.8 Å². The molecule has 0 spiro atoms. The normalized spacial score (nSPS) is 21.1. The first-order chi connectivity index (χ1) is 6.42. The third-order valence-electron chi connectivity index (χ3n) is 2.25. The van der Waals surface area contributed by atoms with Crippen LogP contribution in [-0.4, -0.2) is 42.8 Å². The monoisotopic (exact) mass is 236 g/mol. The molecule has 1 unspecified atom stereocenters. The van der Waals surface area contributed by atoms with Crippen molar-refractivity contribution in [3.8, 4) is 0 Å². The van der Waals surface area contributed by atoms with Crippen LogP contribution in [0.25, 0.3) is 0 Å². The Kier molecular flexibility index (Phi) is 5.38. The maximum atomic E-state index is 11.6. The lowest BCUT2D eigenvalue weighted by atomic mass is 10.2. The quantitative estimate of drug-likeness (QED) is 0.753. The van der Waals surface area contributed by atoms with Crippen LogP contribution < -0.4 is 5.32 Å². The van der Waals surface area contributed by atoms with Gasteiger partial charge in [-0.15, -0.1) is 12.4 Å². The van der Waals surface area contributed by atoms with Crippen molar-refractivity contribution in [3.63, 3.8) is 0 Å². The molecule has 1 saturated heterocycles. The van der Waals surface area contributed by atoms with Gasteiger partial charge in [0.1, 0.15) is 5.60 Å². The van der Waals surface area contributed by atoms with E-state index in [-0.39, 0.29) is 18.5 Å². The first kappa shape index (κ1) is 14.5. The zero-order chi connectivity index (χ0) is 10.8. The van der Waals surface area contributed by atoms with Gasteiger partial charge in [0.2, 0.25) is 0 Å². The number of ether oxygens (including phenoxy) is 1. The van der Waals surface area contributed by atoms with Crippen molar-refractivity contribution in [3.05, 3.63) is 0 Å². The van der Waals surface area contributed by atoms with E-state index in [0.717, 1.165) is 19.5 Å². The lowest BCUT2D eigenvalue weighted by molar-refractivity contribution is 0.0291. The number of nitrogens with zero attached hydrogens (tertiary/aromatic N) is 1. The highest BCUT2D eigenvalue weighted by Gasteiger charge is 2.28. The molecule has 0 saturated carbocycles. The molecule has 0 aliphatic carbocycles. The second-order valence-corrected chi connectivity index (χ2v) is 4.70. The Morgan fingerprint density at radius 2 is 2.07 bits per heavy atom. The zero-order valence-corrected chi connectivity index (χ0v) is 10.7. The van der Waals surface area contributed by atoms with E-state index in [2.05, 4.69) is 5.32 Å². The minimum Gasteiger partial charge on any atom is -0.444 e. The molecule has 0 bridgehead atoms. The number of carbonyl (C=O) groups excluding carboxylic acids is 1. The van der Waals surface area contributed by atoms with Crippen molar-refractivity contribution in [2.75, 3.05) is 20.1 Å². The molecular weight excluding hydrogens is 216 g/mol. The van der Waals surface area contributed by atoms with Crippen molar-refractivity contribution in [2.24, 2.45) is 0 Å². The summed E-state index contributed by atoms with van der Waals surface area (Å²) in [6.45, 7) is 7.20. The summed E-state index contributed by atoms with van der Waals surface area (Å²) in [6.07, 6.45) is 0.811. The number of likely N-dealkylation sites (N-methyl/N-ethyl adjacent to an activating group) is 1. The van der Waals surface area contributed by atoms with Crippen LogP contribution in [0.15, 0.2) is 0 Å². The summed E-state index contributed by atoms with van der Waals surface area (Å²) in [5.41, 5.74) is -0.394. The summed E-state index contributed by atoms with van der Waals surface area (Å²) >= 11 is 0. The van der Waals surface area contributed by atoms with Crippen LogP contribution in [0.5, 0.6) is 0 Å². The lowest BCUT2D eigenvalue weighted by Gasteiger charge is -2.24. The van der Waals surface area contributed by atoms with Gasteiger partial charge in [0.15, 0.2) is 0 Å². The summed E-state index contributed by atoms with van der Waals surface area (Å²) < 4.78 is 5.27. The summed E-state index contributed by atoms with van der Waals surface area (Å²) in [5.74, 6) is 0. The van der Waals surface area contributed by atoms with Gasteiger partial charge in [0.05, 0.1) is 0 Å². The van der Waals surface area contributed by atoms with E-state index in [4.69, 9.17) is 4.74 Å². The van der Waals surface area contributed by atoms with Gasteiger partial charge < -0.3 is 15.0 Å². The third-order valence-corrected chi connectivity index (χ3v) is 2.25. The first-order valence-corrected chi connectivity index (χ1v) is 5.07. The molecule has 1 amide bonds. The standard InChI is InChI=1S/C10H20N2O2.ClH/c1-10(2,3)14-9(13)12-6-5-8(7-12)11-4;/h8,11H,5-7H2,1-4H3;1H. The van der Waals surface area contributed by atoms with Gasteiger partial charge in [-0.25, -0.2) is 4.79 Å². The molecule has 1 heterocycles. The minimum atomic E-state index is -0.394. The third kappa shape index (κ3) is 4.71. The van der Waals surface area contributed by atoms with E-state index in [1.807, 2.05) is 27.8 Å². The van der Waals surface area contributed by atoms with Crippen LogP contribution in [0.2, 0.25) is 0 Å². The summed E-state index contributed by atoms with van der Waals surface area (Å²) in [5, 5.41) is 3.16. The molecule has 5 heteroatoms. The van der Waals surface area contributed by atoms with Gasteiger partial charge in [-0.1, -0.05) is 0 Å². The number of carbonyl (C=O) groups is 1. The molecule has 1 N–H and O–H groups in total. The molecule has 4 nitrogen and oxygen atoms in total. The fourth-order valence-corrected chi connectivity index (χ4v) is 1.49. The van der Waals surface area contributed by atoms with Gasteiger partial charge in [-0.05, 0) is 34.2 Å². The topological polar surface area (TPSA) is 41.6 Å². The summed E-state index contributed by atoms with van der Waals surface area (Å²) in [4.78, 5) is 13.4. The highest BCUT2D eigenvalue weighted by molar-refractivity contribution is 5.85. The Hall–Kier alpha value is -0.480. The smallest absolute Gasteiger partial charge is 0.410 e. The number of hydrogen-bond donors (Lipinski definition) is 1. The molecular formula is C10H21ClN2O2. The second kappa shape index (κ2) is 5.56. The number of nitrogens with one attached hydrogen (secondary N) is 1. The van der Waals surface area contributed by atoms with E-state index in [0.29, 0.717) is 6.04 Å². The molecule has 0 aromatic rings. The molecule has 0 radical (unpaired) electrons. The van der Waals surface area contributed by atoms with Crippen LogP contribution in [0.3, 0.4) is 0 Å². The van der Waals surface area contributed by atoms with Crippen LogP contribution >= 0.6 is 12.4 Å². The highest BCUT2D eigenvalue weighted by Crippen LogP contribution is 2.14. The van der Waals surface area contributed by atoms with E-state index >= 15 is 0 Å². The highest BCUT2D eigenvalue weighted by atomic mass is 35.5. The Morgan fingerprint density at radius 1 is 1.47 bits per heavy atom. The van der Waals surface area contributed by atoms with Crippen molar-refractivity contribution in [2.45, 2.75) is 38.8 Å². The van der Waals surface area contributed by atoms with Crippen molar-refractivity contribution in [1.82, 2.24) is 10.2 Å². The zero-order valence-electron chi connectivity index (χ0n) is 9.87. The van der Waals surface area contributed by atoms with E-state index in [1.54, 1.807) is 4.90 Å². The average molecular weight is 237 g/mol. The maximum Gasteiger partial charge on any atom is 0.410 e. The Bertz CT molecular complexity index is 216. The van der Waals surface area contributed by atoms with Crippen molar-refractivity contribution >= 4 is 18.5 Å². The van der Waals surface area contributed by atoms with Crippen LogP contribution in [0, 0.1) is 0 Å².